The lowest BCUT2D eigenvalue weighted by Crippen LogP contribution is -2.45. The van der Waals surface area contributed by atoms with Gasteiger partial charge in [-0.2, -0.15) is 0 Å². The third-order valence-electron chi connectivity index (χ3n) is 6.00. The molecule has 0 bridgehead atoms. The molecule has 31 heavy (non-hydrogen) atoms. The molecule has 2 aromatic rings. The van der Waals surface area contributed by atoms with E-state index in [1.54, 1.807) is 23.1 Å². The first-order chi connectivity index (χ1) is 14.9. The van der Waals surface area contributed by atoms with Gasteiger partial charge in [-0.3, -0.25) is 9.59 Å². The van der Waals surface area contributed by atoms with Gasteiger partial charge >= 0.3 is 6.03 Å². The number of rotatable bonds is 5. The first-order valence-corrected chi connectivity index (χ1v) is 10.7. The Bertz CT molecular complexity index is 986. The fraction of sp³-hybridized carbons (Fsp3) is 0.375. The molecule has 0 unspecified atom stereocenters. The summed E-state index contributed by atoms with van der Waals surface area (Å²) in [5, 5.41) is 2.64. The van der Waals surface area contributed by atoms with E-state index in [4.69, 9.17) is 0 Å². The molecule has 1 aliphatic carbocycles. The summed E-state index contributed by atoms with van der Waals surface area (Å²) in [5.74, 6) is -1.28. The number of nitrogens with zero attached hydrogens (tertiary/aromatic N) is 2. The van der Waals surface area contributed by atoms with E-state index in [1.807, 2.05) is 19.1 Å². The second-order valence-corrected chi connectivity index (χ2v) is 8.27. The summed E-state index contributed by atoms with van der Waals surface area (Å²) >= 11 is 0. The number of halogens is 1. The average molecular weight is 423 g/mol. The number of hydrogen-bond acceptors (Lipinski definition) is 3. The molecule has 0 spiro atoms. The topological polar surface area (TPSA) is 69.7 Å². The highest BCUT2D eigenvalue weighted by molar-refractivity contribution is 6.22. The van der Waals surface area contributed by atoms with Crippen LogP contribution < -0.4 is 10.2 Å². The predicted octanol–water partition coefficient (Wildman–Crippen LogP) is 4.63. The summed E-state index contributed by atoms with van der Waals surface area (Å²) in [5.41, 5.74) is 1.86. The third-order valence-corrected chi connectivity index (χ3v) is 6.00. The molecule has 2 aliphatic rings. The zero-order chi connectivity index (χ0) is 22.0. The molecule has 4 amide bonds. The molecule has 7 heteroatoms. The van der Waals surface area contributed by atoms with E-state index in [9.17, 15) is 18.8 Å². The minimum atomic E-state index is -0.870. The van der Waals surface area contributed by atoms with Gasteiger partial charge in [-0.15, -0.1) is 0 Å². The molecule has 2 fully saturated rings. The van der Waals surface area contributed by atoms with Crippen molar-refractivity contribution in [2.45, 2.75) is 57.5 Å². The SMILES string of the molecule is Cc1ccc(N2C(=O)[C@@H](CC(=O)Nc3cccc(F)c3)N(C3CCCCC3)C2=O)cc1. The van der Waals surface area contributed by atoms with Gasteiger partial charge in [-0.05, 0) is 50.1 Å². The van der Waals surface area contributed by atoms with Crippen molar-refractivity contribution in [2.24, 2.45) is 0 Å². The number of carbonyl (C=O) groups is 3. The van der Waals surface area contributed by atoms with Gasteiger partial charge in [0.25, 0.3) is 5.91 Å². The summed E-state index contributed by atoms with van der Waals surface area (Å²) in [6.07, 6.45) is 4.58. The predicted molar refractivity (Wildman–Crippen MR) is 116 cm³/mol. The minimum absolute atomic E-state index is 0.0624. The molecule has 162 valence electrons. The number of aryl methyl sites for hydroxylation is 1. The maximum atomic E-state index is 13.4. The lowest BCUT2D eigenvalue weighted by atomic mass is 9.93. The Labute approximate surface area is 181 Å². The molecule has 6 nitrogen and oxygen atoms in total. The van der Waals surface area contributed by atoms with Crippen molar-refractivity contribution in [3.63, 3.8) is 0 Å². The highest BCUT2D eigenvalue weighted by atomic mass is 19.1. The average Bonchev–Trinajstić information content (AvgIpc) is 2.99. The van der Waals surface area contributed by atoms with Crippen molar-refractivity contribution in [3.8, 4) is 0 Å². The van der Waals surface area contributed by atoms with Crippen LogP contribution >= 0.6 is 0 Å². The Balaban J connectivity index is 1.59. The summed E-state index contributed by atoms with van der Waals surface area (Å²) in [6.45, 7) is 1.94. The molecule has 1 saturated heterocycles. The first-order valence-electron chi connectivity index (χ1n) is 10.7. The summed E-state index contributed by atoms with van der Waals surface area (Å²) < 4.78 is 13.4. The second kappa shape index (κ2) is 8.88. The Morgan fingerprint density at radius 1 is 1.06 bits per heavy atom. The number of imide groups is 1. The Kier molecular flexibility index (Phi) is 6.02. The molecule has 1 heterocycles. The quantitative estimate of drug-likeness (QED) is 0.713. The van der Waals surface area contributed by atoms with E-state index in [0.717, 1.165) is 37.7 Å². The van der Waals surface area contributed by atoms with E-state index < -0.39 is 23.7 Å². The molecular weight excluding hydrogens is 397 g/mol. The van der Waals surface area contributed by atoms with Crippen LogP contribution in [-0.2, 0) is 9.59 Å². The van der Waals surface area contributed by atoms with E-state index >= 15 is 0 Å². The molecule has 4 rings (SSSR count). The van der Waals surface area contributed by atoms with Gasteiger partial charge in [0.1, 0.15) is 11.9 Å². The standard InChI is InChI=1S/C24H26FN3O3/c1-16-10-12-20(13-11-16)28-23(30)21(27(24(28)31)19-8-3-2-4-9-19)15-22(29)26-18-7-5-6-17(25)14-18/h5-7,10-14,19,21H,2-4,8-9,15H2,1H3,(H,26,29)/t21-/m1/s1. The largest absolute Gasteiger partial charge is 0.332 e. The van der Waals surface area contributed by atoms with Gasteiger partial charge in [0.2, 0.25) is 5.91 Å². The molecule has 2 aromatic carbocycles. The molecule has 1 saturated carbocycles. The Morgan fingerprint density at radius 3 is 2.45 bits per heavy atom. The lowest BCUT2D eigenvalue weighted by molar-refractivity contribution is -0.125. The van der Waals surface area contributed by atoms with Crippen LogP contribution in [0.4, 0.5) is 20.6 Å². The van der Waals surface area contributed by atoms with Crippen molar-refractivity contribution >= 4 is 29.2 Å². The van der Waals surface area contributed by atoms with Crippen molar-refractivity contribution < 1.29 is 18.8 Å². The molecule has 1 atom stereocenters. The minimum Gasteiger partial charge on any atom is -0.326 e. The fourth-order valence-corrected chi connectivity index (χ4v) is 4.45. The lowest BCUT2D eigenvalue weighted by Gasteiger charge is -2.33. The van der Waals surface area contributed by atoms with Crippen LogP contribution in [0.1, 0.15) is 44.1 Å². The molecule has 0 aromatic heterocycles. The van der Waals surface area contributed by atoms with E-state index in [2.05, 4.69) is 5.32 Å². The molecule has 0 radical (unpaired) electrons. The highest BCUT2D eigenvalue weighted by Gasteiger charge is 2.49. The summed E-state index contributed by atoms with van der Waals surface area (Å²) in [7, 11) is 0. The number of amides is 4. The Hall–Kier alpha value is -3.22. The number of carbonyl (C=O) groups excluding carboxylic acids is 3. The maximum Gasteiger partial charge on any atom is 0.332 e. The van der Waals surface area contributed by atoms with Crippen LogP contribution in [0.5, 0.6) is 0 Å². The van der Waals surface area contributed by atoms with Gasteiger partial charge in [-0.25, -0.2) is 14.1 Å². The third kappa shape index (κ3) is 4.45. The van der Waals surface area contributed by atoms with Crippen LogP contribution in [0.25, 0.3) is 0 Å². The van der Waals surface area contributed by atoms with Crippen molar-refractivity contribution in [1.82, 2.24) is 4.90 Å². The van der Waals surface area contributed by atoms with Crippen molar-refractivity contribution in [1.29, 1.82) is 0 Å². The first kappa shape index (κ1) is 21.0. The van der Waals surface area contributed by atoms with Crippen molar-refractivity contribution in [3.05, 3.63) is 59.9 Å². The van der Waals surface area contributed by atoms with Crippen LogP contribution in [0, 0.1) is 12.7 Å². The van der Waals surface area contributed by atoms with Gasteiger partial charge in [0, 0.05) is 11.7 Å². The number of benzene rings is 2. The zero-order valence-corrected chi connectivity index (χ0v) is 17.5. The molecular formula is C24H26FN3O3. The Morgan fingerprint density at radius 2 is 1.77 bits per heavy atom. The zero-order valence-electron chi connectivity index (χ0n) is 17.5. The van der Waals surface area contributed by atoms with E-state index in [0.29, 0.717) is 11.4 Å². The van der Waals surface area contributed by atoms with Crippen molar-refractivity contribution in [2.75, 3.05) is 10.2 Å². The number of nitrogens with one attached hydrogen (secondary N) is 1. The highest BCUT2D eigenvalue weighted by Crippen LogP contribution is 2.33. The monoisotopic (exact) mass is 423 g/mol. The number of urea groups is 1. The fourth-order valence-electron chi connectivity index (χ4n) is 4.45. The maximum absolute atomic E-state index is 13.4. The second-order valence-electron chi connectivity index (χ2n) is 8.27. The molecule has 1 aliphatic heterocycles. The molecule has 1 N–H and O–H groups in total. The number of anilines is 2. The van der Waals surface area contributed by atoms with Crippen LogP contribution in [0.15, 0.2) is 48.5 Å². The van der Waals surface area contributed by atoms with Gasteiger partial charge < -0.3 is 10.2 Å². The number of hydrogen-bond donors (Lipinski definition) is 1. The van der Waals surface area contributed by atoms with Crippen LogP contribution in [0.2, 0.25) is 0 Å². The summed E-state index contributed by atoms with van der Waals surface area (Å²) in [6, 6.07) is 11.5. The van der Waals surface area contributed by atoms with Crippen LogP contribution in [0.3, 0.4) is 0 Å². The van der Waals surface area contributed by atoms with E-state index in [1.165, 1.54) is 23.1 Å². The van der Waals surface area contributed by atoms with Gasteiger partial charge in [-0.1, -0.05) is 43.0 Å². The smallest absolute Gasteiger partial charge is 0.326 e. The van der Waals surface area contributed by atoms with Crippen LogP contribution in [-0.4, -0.2) is 34.8 Å². The van der Waals surface area contributed by atoms with Gasteiger partial charge in [0.05, 0.1) is 12.1 Å². The summed E-state index contributed by atoms with van der Waals surface area (Å²) in [4.78, 5) is 42.2. The van der Waals surface area contributed by atoms with Gasteiger partial charge in [0.15, 0.2) is 0 Å². The van der Waals surface area contributed by atoms with E-state index in [-0.39, 0.29) is 18.5 Å². The normalized spacial score (nSPS) is 19.7.